The molecule has 0 saturated heterocycles. The molecule has 0 bridgehead atoms. The van der Waals surface area contributed by atoms with Crippen LogP contribution < -0.4 is 5.32 Å². The van der Waals surface area contributed by atoms with Gasteiger partial charge in [0.25, 0.3) is 0 Å². The van der Waals surface area contributed by atoms with E-state index in [1.54, 1.807) is 6.07 Å². The summed E-state index contributed by atoms with van der Waals surface area (Å²) in [7, 11) is 0. The molecule has 2 nitrogen and oxygen atoms in total. The van der Waals surface area contributed by atoms with Gasteiger partial charge in [-0.1, -0.05) is 43.1 Å². The summed E-state index contributed by atoms with van der Waals surface area (Å²) >= 11 is 12.1. The van der Waals surface area contributed by atoms with Gasteiger partial charge in [0.2, 0.25) is 0 Å². The molecule has 108 valence electrons. The smallest absolute Gasteiger partial charge is 0.0468 e. The Hall–Kier alpha value is -0.280. The first-order valence-corrected chi connectivity index (χ1v) is 7.74. The van der Waals surface area contributed by atoms with E-state index in [4.69, 9.17) is 23.2 Å². The topological polar surface area (TPSA) is 15.3 Å². The summed E-state index contributed by atoms with van der Waals surface area (Å²) in [5, 5.41) is 4.92. The van der Waals surface area contributed by atoms with E-state index < -0.39 is 0 Å². The van der Waals surface area contributed by atoms with Crippen molar-refractivity contribution >= 4 is 23.2 Å². The third-order valence-corrected chi connectivity index (χ3v) is 3.86. The summed E-state index contributed by atoms with van der Waals surface area (Å²) in [6, 6.07) is 5.92. The van der Waals surface area contributed by atoms with Gasteiger partial charge in [0, 0.05) is 29.2 Å². The predicted molar refractivity (Wildman–Crippen MR) is 85.3 cm³/mol. The molecule has 1 atom stereocenters. The van der Waals surface area contributed by atoms with E-state index in [1.165, 1.54) is 6.42 Å². The minimum absolute atomic E-state index is 0.241. The zero-order valence-electron chi connectivity index (χ0n) is 12.0. The highest BCUT2D eigenvalue weighted by molar-refractivity contribution is 6.35. The van der Waals surface area contributed by atoms with Crippen LogP contribution in [0, 0.1) is 0 Å². The lowest BCUT2D eigenvalue weighted by atomic mass is 10.1. The Morgan fingerprint density at radius 2 is 1.95 bits per heavy atom. The van der Waals surface area contributed by atoms with Crippen LogP contribution in [0.25, 0.3) is 0 Å². The van der Waals surface area contributed by atoms with Crippen LogP contribution in [0.15, 0.2) is 18.2 Å². The molecule has 1 unspecified atom stereocenters. The second-order valence-corrected chi connectivity index (χ2v) is 5.62. The molecule has 0 fully saturated rings. The van der Waals surface area contributed by atoms with Crippen molar-refractivity contribution in [3.8, 4) is 0 Å². The Labute approximate surface area is 127 Å². The van der Waals surface area contributed by atoms with E-state index in [2.05, 4.69) is 31.0 Å². The van der Waals surface area contributed by atoms with Gasteiger partial charge in [-0.3, -0.25) is 0 Å². The third kappa shape index (κ3) is 5.70. The summed E-state index contributed by atoms with van der Waals surface area (Å²) in [5.74, 6) is 0. The quantitative estimate of drug-likeness (QED) is 0.767. The molecule has 1 aromatic rings. The van der Waals surface area contributed by atoms with E-state index in [1.807, 2.05) is 12.1 Å². The molecule has 0 aliphatic carbocycles. The predicted octanol–water partition coefficient (Wildman–Crippen LogP) is 4.38. The molecule has 0 spiro atoms. The van der Waals surface area contributed by atoms with Crippen LogP contribution >= 0.6 is 23.2 Å². The van der Waals surface area contributed by atoms with E-state index >= 15 is 0 Å². The summed E-state index contributed by atoms with van der Waals surface area (Å²) in [6.07, 6.45) is 1.20. The Morgan fingerprint density at radius 3 is 2.53 bits per heavy atom. The zero-order valence-corrected chi connectivity index (χ0v) is 13.6. The number of hydrogen-bond acceptors (Lipinski definition) is 2. The van der Waals surface area contributed by atoms with E-state index in [-0.39, 0.29) is 6.04 Å². The highest BCUT2D eigenvalue weighted by atomic mass is 35.5. The zero-order chi connectivity index (χ0) is 14.3. The largest absolute Gasteiger partial charge is 0.309 e. The maximum Gasteiger partial charge on any atom is 0.0468 e. The molecule has 19 heavy (non-hydrogen) atoms. The molecule has 0 aliphatic heterocycles. The van der Waals surface area contributed by atoms with Gasteiger partial charge in [-0.25, -0.2) is 0 Å². The van der Waals surface area contributed by atoms with Crippen LogP contribution in [0.3, 0.4) is 0 Å². The van der Waals surface area contributed by atoms with Crippen molar-refractivity contribution in [1.82, 2.24) is 10.2 Å². The Kier molecular flexibility index (Phi) is 7.77. The number of rotatable bonds is 8. The van der Waals surface area contributed by atoms with Crippen LogP contribution in [-0.2, 0) is 0 Å². The van der Waals surface area contributed by atoms with Crippen molar-refractivity contribution in [3.63, 3.8) is 0 Å². The molecule has 1 aromatic carbocycles. The normalized spacial score (nSPS) is 12.9. The highest BCUT2D eigenvalue weighted by Crippen LogP contribution is 2.25. The number of nitrogens with one attached hydrogen (secondary N) is 1. The molecule has 0 amide bonds. The summed E-state index contributed by atoms with van der Waals surface area (Å²) in [5.41, 5.74) is 1.10. The number of nitrogens with zero attached hydrogens (tertiary/aromatic N) is 1. The first-order chi connectivity index (χ1) is 9.08. The van der Waals surface area contributed by atoms with Gasteiger partial charge in [-0.05, 0) is 44.1 Å². The molecule has 0 saturated carbocycles. The average Bonchev–Trinajstić information content (AvgIpc) is 2.37. The van der Waals surface area contributed by atoms with Crippen molar-refractivity contribution in [2.24, 2.45) is 0 Å². The second kappa shape index (κ2) is 8.80. The monoisotopic (exact) mass is 302 g/mol. The molecule has 0 aromatic heterocycles. The standard InChI is InChI=1S/C15H24Cl2N2/c1-4-9-19(5-2)10-8-18-12(3)14-7-6-13(16)11-15(14)17/h6-7,11-12,18H,4-5,8-10H2,1-3H3. The summed E-state index contributed by atoms with van der Waals surface area (Å²) < 4.78 is 0. The van der Waals surface area contributed by atoms with Gasteiger partial charge in [-0.2, -0.15) is 0 Å². The van der Waals surface area contributed by atoms with E-state index in [0.29, 0.717) is 5.02 Å². The maximum absolute atomic E-state index is 6.21. The van der Waals surface area contributed by atoms with E-state index in [9.17, 15) is 0 Å². The molecule has 1 rings (SSSR count). The minimum atomic E-state index is 0.241. The van der Waals surface area contributed by atoms with Gasteiger partial charge < -0.3 is 10.2 Å². The molecule has 4 heteroatoms. The third-order valence-electron chi connectivity index (χ3n) is 3.29. The highest BCUT2D eigenvalue weighted by Gasteiger charge is 2.10. The van der Waals surface area contributed by atoms with Crippen molar-refractivity contribution in [2.75, 3.05) is 26.2 Å². The van der Waals surface area contributed by atoms with Crippen molar-refractivity contribution < 1.29 is 0 Å². The van der Waals surface area contributed by atoms with E-state index in [0.717, 1.165) is 36.8 Å². The van der Waals surface area contributed by atoms with Gasteiger partial charge in [0.15, 0.2) is 0 Å². The van der Waals surface area contributed by atoms with Gasteiger partial charge in [0.05, 0.1) is 0 Å². The van der Waals surface area contributed by atoms with Crippen molar-refractivity contribution in [1.29, 1.82) is 0 Å². The summed E-state index contributed by atoms with van der Waals surface area (Å²) in [4.78, 5) is 2.45. The first-order valence-electron chi connectivity index (χ1n) is 6.99. The number of halogens is 2. The summed E-state index contributed by atoms with van der Waals surface area (Å²) in [6.45, 7) is 10.8. The molecule has 0 aliphatic rings. The second-order valence-electron chi connectivity index (χ2n) is 4.78. The lowest BCUT2D eigenvalue weighted by molar-refractivity contribution is 0.284. The van der Waals surface area contributed by atoms with Gasteiger partial charge >= 0.3 is 0 Å². The molecular weight excluding hydrogens is 279 g/mol. The fraction of sp³-hybridized carbons (Fsp3) is 0.600. The number of hydrogen-bond donors (Lipinski definition) is 1. The van der Waals surface area contributed by atoms with Crippen LogP contribution in [0.2, 0.25) is 10.0 Å². The van der Waals surface area contributed by atoms with Crippen molar-refractivity contribution in [3.05, 3.63) is 33.8 Å². The molecule has 0 radical (unpaired) electrons. The fourth-order valence-corrected chi connectivity index (χ4v) is 2.72. The first kappa shape index (κ1) is 16.8. The van der Waals surface area contributed by atoms with Crippen LogP contribution in [0.5, 0.6) is 0 Å². The van der Waals surface area contributed by atoms with Crippen LogP contribution in [0.4, 0.5) is 0 Å². The molecular formula is C15H24Cl2N2. The van der Waals surface area contributed by atoms with Gasteiger partial charge in [0.1, 0.15) is 0 Å². The fourth-order valence-electron chi connectivity index (χ4n) is 2.15. The Morgan fingerprint density at radius 1 is 1.21 bits per heavy atom. The SMILES string of the molecule is CCCN(CC)CCNC(C)c1ccc(Cl)cc1Cl. The van der Waals surface area contributed by atoms with Crippen LogP contribution in [0.1, 0.15) is 38.8 Å². The molecule has 1 N–H and O–H groups in total. The number of benzene rings is 1. The van der Waals surface area contributed by atoms with Gasteiger partial charge in [-0.15, -0.1) is 0 Å². The maximum atomic E-state index is 6.21. The van der Waals surface area contributed by atoms with Crippen LogP contribution in [-0.4, -0.2) is 31.1 Å². The Balaban J connectivity index is 2.44. The Bertz CT molecular complexity index is 382. The lowest BCUT2D eigenvalue weighted by Crippen LogP contribution is -2.33. The number of likely N-dealkylation sites (N-methyl/N-ethyl adjacent to an activating group) is 1. The lowest BCUT2D eigenvalue weighted by Gasteiger charge is -2.22. The average molecular weight is 303 g/mol. The minimum Gasteiger partial charge on any atom is -0.309 e. The molecule has 0 heterocycles. The van der Waals surface area contributed by atoms with Crippen molar-refractivity contribution in [2.45, 2.75) is 33.2 Å².